The van der Waals surface area contributed by atoms with E-state index in [1.807, 2.05) is 39.0 Å². The number of carbonyl (C=O) groups excluding carboxylic acids is 2. The van der Waals surface area contributed by atoms with Crippen LogP contribution in [0, 0.1) is 0 Å². The first-order chi connectivity index (χ1) is 15.4. The van der Waals surface area contributed by atoms with E-state index in [9.17, 15) is 9.59 Å². The Balaban J connectivity index is 1.55. The Morgan fingerprint density at radius 2 is 1.09 bits per heavy atom. The van der Waals surface area contributed by atoms with Crippen LogP contribution in [0.5, 0.6) is 0 Å². The molecule has 0 spiro atoms. The summed E-state index contributed by atoms with van der Waals surface area (Å²) < 4.78 is 0. The minimum atomic E-state index is -0.149. The predicted octanol–water partition coefficient (Wildman–Crippen LogP) is 3.88. The number of carbonyl (C=O) groups is 2. The van der Waals surface area contributed by atoms with E-state index < -0.39 is 0 Å². The molecule has 0 bridgehead atoms. The lowest BCUT2D eigenvalue weighted by atomic mass is 10.1. The van der Waals surface area contributed by atoms with Crippen molar-refractivity contribution in [2.75, 3.05) is 41.3 Å². The smallest absolute Gasteiger partial charge is 0.251 e. The number of thiophene rings is 2. The largest absolute Gasteiger partial charge is 0.350 e. The summed E-state index contributed by atoms with van der Waals surface area (Å²) in [6.07, 6.45) is 0. The van der Waals surface area contributed by atoms with Crippen LogP contribution < -0.4 is 10.6 Å². The van der Waals surface area contributed by atoms with E-state index in [4.69, 9.17) is 0 Å². The van der Waals surface area contributed by atoms with Gasteiger partial charge in [-0.05, 0) is 97.2 Å². The lowest BCUT2D eigenvalue weighted by molar-refractivity contribution is 0.0930. The summed E-state index contributed by atoms with van der Waals surface area (Å²) in [4.78, 5) is 29.4. The molecular weight excluding hydrogens is 440 g/mol. The zero-order valence-electron chi connectivity index (χ0n) is 18.9. The van der Waals surface area contributed by atoms with Crippen LogP contribution in [0.4, 0.5) is 0 Å². The third-order valence-electron chi connectivity index (χ3n) is 5.42. The Morgan fingerprint density at radius 1 is 0.719 bits per heavy atom. The van der Waals surface area contributed by atoms with Crippen molar-refractivity contribution in [3.05, 3.63) is 80.2 Å². The number of nitrogens with one attached hydrogen (secondary N) is 2. The average Bonchev–Trinajstić information content (AvgIpc) is 3.48. The summed E-state index contributed by atoms with van der Waals surface area (Å²) in [5.41, 5.74) is 3.44. The molecule has 1 aromatic carbocycles. The van der Waals surface area contributed by atoms with Crippen molar-refractivity contribution in [3.8, 4) is 0 Å². The van der Waals surface area contributed by atoms with E-state index in [0.717, 1.165) is 0 Å². The number of hydrogen-bond acceptors (Lipinski definition) is 6. The van der Waals surface area contributed by atoms with Gasteiger partial charge in [0.2, 0.25) is 0 Å². The topological polar surface area (TPSA) is 64.7 Å². The molecule has 8 heteroatoms. The van der Waals surface area contributed by atoms with Crippen LogP contribution >= 0.6 is 22.7 Å². The second kappa shape index (κ2) is 11.4. The quantitative estimate of drug-likeness (QED) is 0.472. The average molecular weight is 471 g/mol. The first-order valence-corrected chi connectivity index (χ1v) is 12.3. The number of benzene rings is 1. The maximum Gasteiger partial charge on any atom is 0.251 e. The zero-order valence-corrected chi connectivity index (χ0v) is 20.5. The van der Waals surface area contributed by atoms with Gasteiger partial charge in [-0.15, -0.1) is 0 Å². The molecule has 0 aliphatic carbocycles. The lowest BCUT2D eigenvalue weighted by Gasteiger charge is -2.24. The minimum Gasteiger partial charge on any atom is -0.350 e. The number of rotatable bonds is 10. The second-order valence-electron chi connectivity index (χ2n) is 8.07. The maximum atomic E-state index is 12.6. The van der Waals surface area contributed by atoms with Crippen LogP contribution in [0.15, 0.2) is 57.9 Å². The molecule has 0 saturated carbocycles. The number of likely N-dealkylation sites (N-methyl/N-ethyl adjacent to an activating group) is 2. The van der Waals surface area contributed by atoms with Gasteiger partial charge in [0.1, 0.15) is 0 Å². The summed E-state index contributed by atoms with van der Waals surface area (Å²) in [5, 5.41) is 14.3. The maximum absolute atomic E-state index is 12.6. The summed E-state index contributed by atoms with van der Waals surface area (Å²) in [6.45, 7) is 1.03. The number of nitrogens with zero attached hydrogens (tertiary/aromatic N) is 2. The van der Waals surface area contributed by atoms with Gasteiger partial charge in [0.25, 0.3) is 11.8 Å². The van der Waals surface area contributed by atoms with E-state index in [2.05, 4.69) is 43.3 Å². The molecule has 2 atom stereocenters. The minimum absolute atomic E-state index is 0.114. The van der Waals surface area contributed by atoms with Crippen LogP contribution in [0.25, 0.3) is 0 Å². The first-order valence-electron chi connectivity index (χ1n) is 10.4. The molecule has 2 aromatic heterocycles. The normalized spacial score (nSPS) is 13.2. The van der Waals surface area contributed by atoms with E-state index >= 15 is 0 Å². The number of amides is 2. The SMILES string of the molecule is CN(C)[C@H](CNC(=O)c1ccc(C(=O)NC[C@H](c2ccsc2)N(C)C)cc1)c1ccsc1. The van der Waals surface area contributed by atoms with Crippen LogP contribution in [0.3, 0.4) is 0 Å². The molecule has 2 heterocycles. The highest BCUT2D eigenvalue weighted by molar-refractivity contribution is 7.08. The second-order valence-corrected chi connectivity index (χ2v) is 9.63. The zero-order chi connectivity index (χ0) is 23.1. The van der Waals surface area contributed by atoms with Crippen molar-refractivity contribution in [2.24, 2.45) is 0 Å². The Bertz CT molecular complexity index is 902. The van der Waals surface area contributed by atoms with Crippen molar-refractivity contribution in [1.29, 1.82) is 0 Å². The fraction of sp³-hybridized carbons (Fsp3) is 0.333. The van der Waals surface area contributed by atoms with Crippen molar-refractivity contribution in [3.63, 3.8) is 0 Å². The molecule has 2 amide bonds. The van der Waals surface area contributed by atoms with Crippen molar-refractivity contribution in [2.45, 2.75) is 12.1 Å². The van der Waals surface area contributed by atoms with Gasteiger partial charge in [-0.1, -0.05) is 0 Å². The van der Waals surface area contributed by atoms with Crippen LogP contribution in [-0.2, 0) is 0 Å². The fourth-order valence-electron chi connectivity index (χ4n) is 3.48. The van der Waals surface area contributed by atoms with E-state index in [0.29, 0.717) is 24.2 Å². The molecule has 3 aromatic rings. The van der Waals surface area contributed by atoms with Gasteiger partial charge in [0.05, 0.1) is 12.1 Å². The molecule has 0 fully saturated rings. The molecule has 0 radical (unpaired) electrons. The molecule has 32 heavy (non-hydrogen) atoms. The van der Waals surface area contributed by atoms with Crippen molar-refractivity contribution in [1.82, 2.24) is 20.4 Å². The van der Waals surface area contributed by atoms with Gasteiger partial charge >= 0.3 is 0 Å². The van der Waals surface area contributed by atoms with Crippen LogP contribution in [0.1, 0.15) is 43.9 Å². The number of hydrogen-bond donors (Lipinski definition) is 2. The molecule has 170 valence electrons. The lowest BCUT2D eigenvalue weighted by Crippen LogP contribution is -2.35. The Labute approximate surface area is 197 Å². The monoisotopic (exact) mass is 470 g/mol. The van der Waals surface area contributed by atoms with E-state index in [-0.39, 0.29) is 23.9 Å². The van der Waals surface area contributed by atoms with Crippen molar-refractivity contribution >= 4 is 34.5 Å². The van der Waals surface area contributed by atoms with Crippen LogP contribution in [-0.4, -0.2) is 62.9 Å². The van der Waals surface area contributed by atoms with Gasteiger partial charge in [0.15, 0.2) is 0 Å². The summed E-state index contributed by atoms with van der Waals surface area (Å²) in [7, 11) is 8.00. The highest BCUT2D eigenvalue weighted by atomic mass is 32.1. The Kier molecular flexibility index (Phi) is 8.58. The third kappa shape index (κ3) is 6.26. The highest BCUT2D eigenvalue weighted by Crippen LogP contribution is 2.21. The van der Waals surface area contributed by atoms with Crippen LogP contribution in [0.2, 0.25) is 0 Å². The molecule has 2 N–H and O–H groups in total. The van der Waals surface area contributed by atoms with Gasteiger partial charge in [-0.3, -0.25) is 9.59 Å². The third-order valence-corrected chi connectivity index (χ3v) is 6.83. The van der Waals surface area contributed by atoms with Gasteiger partial charge in [0, 0.05) is 24.2 Å². The Morgan fingerprint density at radius 3 is 1.38 bits per heavy atom. The van der Waals surface area contributed by atoms with E-state index in [1.54, 1.807) is 46.9 Å². The fourth-order valence-corrected chi connectivity index (χ4v) is 4.90. The molecule has 0 aliphatic rings. The molecule has 6 nitrogen and oxygen atoms in total. The van der Waals surface area contributed by atoms with Gasteiger partial charge in [-0.2, -0.15) is 22.7 Å². The van der Waals surface area contributed by atoms with E-state index in [1.165, 1.54) is 11.1 Å². The molecule has 3 rings (SSSR count). The van der Waals surface area contributed by atoms with Gasteiger partial charge in [-0.25, -0.2) is 0 Å². The molecule has 0 aliphatic heterocycles. The van der Waals surface area contributed by atoms with Crippen molar-refractivity contribution < 1.29 is 9.59 Å². The molecular formula is C24H30N4O2S2. The van der Waals surface area contributed by atoms with Gasteiger partial charge < -0.3 is 20.4 Å². The summed E-state index contributed by atoms with van der Waals surface area (Å²) >= 11 is 3.29. The molecule has 0 saturated heterocycles. The molecule has 0 unspecified atom stereocenters. The highest BCUT2D eigenvalue weighted by Gasteiger charge is 2.18. The Hall–Kier alpha value is -2.52. The standard InChI is InChI=1S/C24H30N4O2S2/c1-27(2)21(19-9-11-31-15-19)13-25-23(29)17-5-7-18(8-6-17)24(30)26-14-22(28(3)4)20-10-12-32-16-20/h5-12,15-16,21-22H,13-14H2,1-4H3,(H,25,29)(H,26,30)/t21-,22-/m1/s1. The summed E-state index contributed by atoms with van der Waals surface area (Å²) in [6, 6.07) is 11.2. The predicted molar refractivity (Wildman–Crippen MR) is 133 cm³/mol. The summed E-state index contributed by atoms with van der Waals surface area (Å²) in [5.74, 6) is -0.298. The first kappa shape index (κ1) is 24.1.